The fourth-order valence-electron chi connectivity index (χ4n) is 1.77. The number of rotatable bonds is 5. The average Bonchev–Trinajstić information content (AvgIpc) is 2.52. The summed E-state index contributed by atoms with van der Waals surface area (Å²) in [4.78, 5) is 22.5. The Morgan fingerprint density at radius 2 is 1.32 bits per heavy atom. The second-order valence-corrected chi connectivity index (χ2v) is 5.46. The van der Waals surface area contributed by atoms with E-state index in [1.165, 1.54) is 12.2 Å². The molecule has 0 aliphatic heterocycles. The zero-order chi connectivity index (χ0) is 15.9. The number of benzene rings is 2. The molecule has 0 amide bonds. The Kier molecular flexibility index (Phi) is 5.44. The molecule has 0 saturated heterocycles. The van der Waals surface area contributed by atoms with Crippen molar-refractivity contribution in [2.75, 3.05) is 0 Å². The summed E-state index contributed by atoms with van der Waals surface area (Å²) in [5.41, 5.74) is 2.23. The molecule has 110 valence electrons. The number of hydrogen-bond acceptors (Lipinski definition) is 2. The van der Waals surface area contributed by atoms with Gasteiger partial charge in [0.1, 0.15) is 0 Å². The summed E-state index contributed by atoms with van der Waals surface area (Å²) in [5.74, 6) is -1.10. The van der Waals surface area contributed by atoms with Crippen molar-refractivity contribution in [2.45, 2.75) is 0 Å². The van der Waals surface area contributed by atoms with Crippen molar-refractivity contribution in [1.82, 2.24) is 0 Å². The van der Waals surface area contributed by atoms with Gasteiger partial charge in [-0.25, -0.2) is 4.79 Å². The molecule has 2 aromatic carbocycles. The molecule has 0 bridgehead atoms. The van der Waals surface area contributed by atoms with Crippen LogP contribution >= 0.6 is 15.9 Å². The minimum Gasteiger partial charge on any atom is -0.478 e. The Hall–Kier alpha value is -2.46. The molecular weight excluding hydrogens is 344 g/mol. The van der Waals surface area contributed by atoms with Gasteiger partial charge < -0.3 is 5.11 Å². The van der Waals surface area contributed by atoms with Crippen molar-refractivity contribution in [2.24, 2.45) is 0 Å². The van der Waals surface area contributed by atoms with Crippen LogP contribution in [0.1, 0.15) is 21.5 Å². The van der Waals surface area contributed by atoms with Gasteiger partial charge in [-0.15, -0.1) is 0 Å². The fraction of sp³-hybridized carbons (Fsp3) is 0. The number of carbonyl (C=O) groups excluding carboxylic acids is 1. The lowest BCUT2D eigenvalue weighted by atomic mass is 10.1. The minimum atomic E-state index is -1.00. The van der Waals surface area contributed by atoms with E-state index >= 15 is 0 Å². The lowest BCUT2D eigenvalue weighted by Crippen LogP contribution is -1.93. The number of hydrogen-bond donors (Lipinski definition) is 1. The van der Waals surface area contributed by atoms with Crippen molar-refractivity contribution in [1.29, 1.82) is 0 Å². The van der Waals surface area contributed by atoms with Crippen molar-refractivity contribution in [3.8, 4) is 0 Å². The molecule has 1 N–H and O–H groups in total. The molecule has 0 aliphatic carbocycles. The molecule has 0 saturated carbocycles. The Labute approximate surface area is 136 Å². The molecule has 0 fully saturated rings. The summed E-state index contributed by atoms with van der Waals surface area (Å²) in [5, 5.41) is 8.56. The van der Waals surface area contributed by atoms with Crippen LogP contribution < -0.4 is 0 Å². The second kappa shape index (κ2) is 7.52. The Morgan fingerprint density at radius 1 is 0.818 bits per heavy atom. The highest BCUT2D eigenvalue weighted by Crippen LogP contribution is 2.13. The first kappa shape index (κ1) is 15.9. The van der Waals surface area contributed by atoms with Gasteiger partial charge in [0.15, 0.2) is 5.78 Å². The zero-order valence-electron chi connectivity index (χ0n) is 11.6. The van der Waals surface area contributed by atoms with Gasteiger partial charge >= 0.3 is 5.97 Å². The lowest BCUT2D eigenvalue weighted by Gasteiger charge is -1.98. The van der Waals surface area contributed by atoms with E-state index in [0.29, 0.717) is 5.56 Å². The summed E-state index contributed by atoms with van der Waals surface area (Å²) in [6.45, 7) is 0. The van der Waals surface area contributed by atoms with E-state index in [0.717, 1.165) is 21.7 Å². The maximum absolute atomic E-state index is 12.1. The molecule has 2 rings (SSSR count). The molecule has 0 atom stereocenters. The summed E-state index contributed by atoms with van der Waals surface area (Å²) in [7, 11) is 0. The van der Waals surface area contributed by atoms with Crippen LogP contribution in [0.25, 0.3) is 12.2 Å². The number of aliphatic carboxylic acids is 1. The third-order valence-corrected chi connectivity index (χ3v) is 3.44. The summed E-state index contributed by atoms with van der Waals surface area (Å²) < 4.78 is 0.987. The fourth-order valence-corrected chi connectivity index (χ4v) is 2.03. The third-order valence-electron chi connectivity index (χ3n) is 2.91. The van der Waals surface area contributed by atoms with Gasteiger partial charge in [-0.3, -0.25) is 4.79 Å². The van der Waals surface area contributed by atoms with Crippen molar-refractivity contribution in [3.63, 3.8) is 0 Å². The van der Waals surface area contributed by atoms with Crippen LogP contribution in [0, 0.1) is 0 Å². The average molecular weight is 357 g/mol. The summed E-state index contributed by atoms with van der Waals surface area (Å²) in [6.07, 6.45) is 5.82. The molecule has 0 aromatic heterocycles. The quantitative estimate of drug-likeness (QED) is 0.636. The van der Waals surface area contributed by atoms with Gasteiger partial charge in [0.05, 0.1) is 0 Å². The maximum Gasteiger partial charge on any atom is 0.328 e. The number of allylic oxidation sites excluding steroid dienone is 1. The lowest BCUT2D eigenvalue weighted by molar-refractivity contribution is -0.131. The van der Waals surface area contributed by atoms with Crippen molar-refractivity contribution in [3.05, 3.63) is 81.8 Å². The van der Waals surface area contributed by atoms with Crippen LogP contribution in [0.4, 0.5) is 0 Å². The Morgan fingerprint density at radius 3 is 1.86 bits per heavy atom. The van der Waals surface area contributed by atoms with E-state index in [9.17, 15) is 9.59 Å². The first-order valence-electron chi connectivity index (χ1n) is 6.53. The predicted octanol–water partition coefficient (Wildman–Crippen LogP) is 4.44. The van der Waals surface area contributed by atoms with Crippen LogP contribution in [-0.4, -0.2) is 16.9 Å². The normalized spacial score (nSPS) is 11.1. The molecule has 0 aliphatic rings. The molecule has 2 aromatic rings. The molecule has 0 radical (unpaired) electrons. The van der Waals surface area contributed by atoms with E-state index < -0.39 is 5.97 Å². The van der Waals surface area contributed by atoms with Crippen molar-refractivity contribution >= 4 is 39.8 Å². The monoisotopic (exact) mass is 356 g/mol. The van der Waals surface area contributed by atoms with E-state index in [2.05, 4.69) is 15.9 Å². The van der Waals surface area contributed by atoms with Gasteiger partial charge in [-0.1, -0.05) is 58.4 Å². The highest BCUT2D eigenvalue weighted by atomic mass is 79.9. The number of carboxylic acids is 1. The summed E-state index contributed by atoms with van der Waals surface area (Å²) >= 11 is 3.36. The number of carboxylic acid groups (broad SMARTS) is 1. The van der Waals surface area contributed by atoms with Crippen LogP contribution in [-0.2, 0) is 4.79 Å². The van der Waals surface area contributed by atoms with Crippen LogP contribution in [0.5, 0.6) is 0 Å². The van der Waals surface area contributed by atoms with Gasteiger partial charge in [-0.05, 0) is 35.4 Å². The molecular formula is C18H13BrO3. The van der Waals surface area contributed by atoms with E-state index in [1.807, 2.05) is 24.3 Å². The zero-order valence-corrected chi connectivity index (χ0v) is 13.2. The SMILES string of the molecule is O=C(O)/C=C/c1ccc(C(=O)/C=C/c2ccc(Br)cc2)cc1. The largest absolute Gasteiger partial charge is 0.478 e. The molecule has 3 nitrogen and oxygen atoms in total. The van der Waals surface area contributed by atoms with Crippen LogP contribution in [0.15, 0.2) is 65.2 Å². The molecule has 4 heteroatoms. The topological polar surface area (TPSA) is 54.4 Å². The molecule has 22 heavy (non-hydrogen) atoms. The smallest absolute Gasteiger partial charge is 0.328 e. The highest BCUT2D eigenvalue weighted by molar-refractivity contribution is 9.10. The highest BCUT2D eigenvalue weighted by Gasteiger charge is 2.01. The molecule has 0 unspecified atom stereocenters. The predicted molar refractivity (Wildman–Crippen MR) is 90.6 cm³/mol. The van der Waals surface area contributed by atoms with E-state index in [-0.39, 0.29) is 5.78 Å². The van der Waals surface area contributed by atoms with Gasteiger partial charge in [0.25, 0.3) is 0 Å². The molecule has 0 spiro atoms. The number of ketones is 1. The molecule has 0 heterocycles. The van der Waals surface area contributed by atoms with Gasteiger partial charge in [-0.2, -0.15) is 0 Å². The van der Waals surface area contributed by atoms with E-state index in [4.69, 9.17) is 5.11 Å². The Bertz CT molecular complexity index is 726. The number of carbonyl (C=O) groups is 2. The van der Waals surface area contributed by atoms with Crippen LogP contribution in [0.3, 0.4) is 0 Å². The second-order valence-electron chi connectivity index (χ2n) is 4.54. The summed E-state index contributed by atoms with van der Waals surface area (Å²) in [6, 6.07) is 14.4. The first-order valence-corrected chi connectivity index (χ1v) is 7.33. The third kappa shape index (κ3) is 4.82. The van der Waals surface area contributed by atoms with Crippen molar-refractivity contribution < 1.29 is 14.7 Å². The van der Waals surface area contributed by atoms with Crippen LogP contribution in [0.2, 0.25) is 0 Å². The maximum atomic E-state index is 12.1. The van der Waals surface area contributed by atoms with Gasteiger partial charge in [0.2, 0.25) is 0 Å². The standard InChI is InChI=1S/C18H13BrO3/c19-16-9-3-14(4-10-16)5-11-17(20)15-7-1-13(2-8-15)6-12-18(21)22/h1-12H,(H,21,22)/b11-5+,12-6+. The van der Waals surface area contributed by atoms with E-state index in [1.54, 1.807) is 30.3 Å². The minimum absolute atomic E-state index is 0.100. The first-order chi connectivity index (χ1) is 10.5. The number of halogens is 1. The van der Waals surface area contributed by atoms with Gasteiger partial charge in [0, 0.05) is 16.1 Å². The Balaban J connectivity index is 2.06.